The van der Waals surface area contributed by atoms with E-state index >= 15 is 0 Å². The number of ether oxygens (including phenoxy) is 2. The van der Waals surface area contributed by atoms with Crippen molar-refractivity contribution in [1.29, 1.82) is 0 Å². The molecule has 2 N–H and O–H groups in total. The molecule has 0 aromatic rings. The molecule has 0 fully saturated rings. The third-order valence-corrected chi connectivity index (χ3v) is 1.84. The molecule has 1 rings (SSSR count). The van der Waals surface area contributed by atoms with Crippen LogP contribution in [0.5, 0.6) is 0 Å². The van der Waals surface area contributed by atoms with Gasteiger partial charge in [0.25, 0.3) is 5.91 Å². The maximum atomic E-state index is 10.7. The van der Waals surface area contributed by atoms with E-state index in [1.54, 1.807) is 7.11 Å². The molecule has 0 saturated heterocycles. The summed E-state index contributed by atoms with van der Waals surface area (Å²) in [7, 11) is 1.58. The first-order chi connectivity index (χ1) is 5.65. The van der Waals surface area contributed by atoms with Gasteiger partial charge in [0.1, 0.15) is 12.4 Å². The number of amides is 1. The molecule has 4 heteroatoms. The average molecular weight is 171 g/mol. The summed E-state index contributed by atoms with van der Waals surface area (Å²) in [4.78, 5) is 10.7. The van der Waals surface area contributed by atoms with Crippen LogP contribution in [0.1, 0.15) is 13.3 Å². The van der Waals surface area contributed by atoms with E-state index in [0.717, 1.165) is 11.3 Å². The van der Waals surface area contributed by atoms with E-state index in [-0.39, 0.29) is 0 Å². The lowest BCUT2D eigenvalue weighted by molar-refractivity contribution is -0.126. The predicted molar refractivity (Wildman–Crippen MR) is 43.3 cm³/mol. The van der Waals surface area contributed by atoms with Gasteiger partial charge in [0.2, 0.25) is 0 Å². The molecule has 1 aliphatic rings. The molecule has 0 saturated carbocycles. The summed E-state index contributed by atoms with van der Waals surface area (Å²) < 4.78 is 10.1. The Morgan fingerprint density at radius 2 is 2.50 bits per heavy atom. The van der Waals surface area contributed by atoms with E-state index in [1.807, 2.05) is 6.92 Å². The average Bonchev–Trinajstić information content (AvgIpc) is 2.34. The van der Waals surface area contributed by atoms with Crippen LogP contribution < -0.4 is 5.73 Å². The molecule has 1 heterocycles. The summed E-state index contributed by atoms with van der Waals surface area (Å²) in [6, 6.07) is 0. The summed E-state index contributed by atoms with van der Waals surface area (Å²) in [5.74, 6) is 0.321. The van der Waals surface area contributed by atoms with E-state index in [0.29, 0.717) is 13.0 Å². The second-order valence-electron chi connectivity index (χ2n) is 2.85. The SMILES string of the molecule is COCC1=C(C)CC(C(N)=O)O1. The smallest absolute Gasteiger partial charge is 0.258 e. The van der Waals surface area contributed by atoms with Crippen LogP contribution in [0.2, 0.25) is 0 Å². The van der Waals surface area contributed by atoms with Crippen molar-refractivity contribution in [3.63, 3.8) is 0 Å². The van der Waals surface area contributed by atoms with Gasteiger partial charge in [-0.1, -0.05) is 0 Å². The molecule has 12 heavy (non-hydrogen) atoms. The van der Waals surface area contributed by atoms with Crippen molar-refractivity contribution >= 4 is 5.91 Å². The molecule has 0 bridgehead atoms. The van der Waals surface area contributed by atoms with Crippen molar-refractivity contribution < 1.29 is 14.3 Å². The Morgan fingerprint density at radius 3 is 2.92 bits per heavy atom. The van der Waals surface area contributed by atoms with Crippen molar-refractivity contribution in [3.8, 4) is 0 Å². The maximum Gasteiger partial charge on any atom is 0.258 e. The summed E-state index contributed by atoms with van der Waals surface area (Å²) in [5.41, 5.74) is 6.13. The third kappa shape index (κ3) is 1.76. The third-order valence-electron chi connectivity index (χ3n) is 1.84. The van der Waals surface area contributed by atoms with Gasteiger partial charge in [-0.15, -0.1) is 0 Å². The Kier molecular flexibility index (Phi) is 2.70. The summed E-state index contributed by atoms with van der Waals surface area (Å²) >= 11 is 0. The predicted octanol–water partition coefficient (Wildman–Crippen LogP) is 0.181. The number of rotatable bonds is 3. The molecular formula is C8H13NO3. The molecule has 1 atom stereocenters. The zero-order chi connectivity index (χ0) is 9.14. The molecule has 1 amide bonds. The zero-order valence-corrected chi connectivity index (χ0v) is 7.29. The van der Waals surface area contributed by atoms with Crippen molar-refractivity contribution in [1.82, 2.24) is 0 Å². The van der Waals surface area contributed by atoms with Crippen LogP contribution in [0.25, 0.3) is 0 Å². The van der Waals surface area contributed by atoms with Crippen LogP contribution in [-0.2, 0) is 14.3 Å². The Hall–Kier alpha value is -1.03. The van der Waals surface area contributed by atoms with Gasteiger partial charge >= 0.3 is 0 Å². The second-order valence-corrected chi connectivity index (χ2v) is 2.85. The number of primary amides is 1. The first kappa shape index (κ1) is 9.06. The first-order valence-corrected chi connectivity index (χ1v) is 3.78. The largest absolute Gasteiger partial charge is 0.482 e. The van der Waals surface area contributed by atoms with E-state index in [4.69, 9.17) is 15.2 Å². The monoisotopic (exact) mass is 171 g/mol. The van der Waals surface area contributed by atoms with Crippen molar-refractivity contribution in [2.24, 2.45) is 5.73 Å². The standard InChI is InChI=1S/C8H13NO3/c1-5-3-6(8(9)10)12-7(5)4-11-2/h6H,3-4H2,1-2H3,(H2,9,10). The van der Waals surface area contributed by atoms with Gasteiger partial charge in [0.15, 0.2) is 6.10 Å². The number of hydrogen-bond acceptors (Lipinski definition) is 3. The Bertz CT molecular complexity index is 222. The van der Waals surface area contributed by atoms with Gasteiger partial charge in [0, 0.05) is 13.5 Å². The number of carbonyl (C=O) groups excluding carboxylic acids is 1. The highest BCUT2D eigenvalue weighted by molar-refractivity contribution is 5.79. The highest BCUT2D eigenvalue weighted by Gasteiger charge is 2.26. The quantitative estimate of drug-likeness (QED) is 0.659. The molecule has 4 nitrogen and oxygen atoms in total. The summed E-state index contributed by atoms with van der Waals surface area (Å²) in [6.07, 6.45) is 0.101. The van der Waals surface area contributed by atoms with Crippen LogP contribution in [0.4, 0.5) is 0 Å². The van der Waals surface area contributed by atoms with E-state index in [9.17, 15) is 4.79 Å². The summed E-state index contributed by atoms with van der Waals surface area (Å²) in [5, 5.41) is 0. The summed E-state index contributed by atoms with van der Waals surface area (Å²) in [6.45, 7) is 2.33. The molecule has 1 unspecified atom stereocenters. The second kappa shape index (κ2) is 3.58. The van der Waals surface area contributed by atoms with E-state index in [2.05, 4.69) is 0 Å². The number of methoxy groups -OCH3 is 1. The molecular weight excluding hydrogens is 158 g/mol. The molecule has 1 aliphatic heterocycles. The van der Waals surface area contributed by atoms with Gasteiger partial charge < -0.3 is 15.2 Å². The topological polar surface area (TPSA) is 61.5 Å². The van der Waals surface area contributed by atoms with Crippen LogP contribution in [0.3, 0.4) is 0 Å². The first-order valence-electron chi connectivity index (χ1n) is 3.78. The number of carbonyl (C=O) groups is 1. The fourth-order valence-corrected chi connectivity index (χ4v) is 1.15. The number of hydrogen-bond donors (Lipinski definition) is 1. The molecule has 0 spiro atoms. The van der Waals surface area contributed by atoms with Crippen LogP contribution in [-0.4, -0.2) is 25.7 Å². The minimum Gasteiger partial charge on any atom is -0.482 e. The Morgan fingerprint density at radius 1 is 1.83 bits per heavy atom. The van der Waals surface area contributed by atoms with E-state index < -0.39 is 12.0 Å². The maximum absolute atomic E-state index is 10.7. The van der Waals surface area contributed by atoms with Crippen LogP contribution in [0, 0.1) is 0 Å². The van der Waals surface area contributed by atoms with Gasteiger partial charge in [-0.05, 0) is 12.5 Å². The Labute approximate surface area is 71.3 Å². The van der Waals surface area contributed by atoms with Gasteiger partial charge in [-0.3, -0.25) is 4.79 Å². The number of nitrogens with two attached hydrogens (primary N) is 1. The van der Waals surface area contributed by atoms with Crippen molar-refractivity contribution in [3.05, 3.63) is 11.3 Å². The lowest BCUT2D eigenvalue weighted by Gasteiger charge is -2.08. The van der Waals surface area contributed by atoms with Crippen molar-refractivity contribution in [2.45, 2.75) is 19.4 Å². The van der Waals surface area contributed by atoms with E-state index in [1.165, 1.54) is 0 Å². The molecule has 68 valence electrons. The van der Waals surface area contributed by atoms with Gasteiger partial charge in [0.05, 0.1) is 0 Å². The Balaban J connectivity index is 2.55. The lowest BCUT2D eigenvalue weighted by atomic mass is 10.1. The molecule has 0 aliphatic carbocycles. The van der Waals surface area contributed by atoms with Crippen LogP contribution in [0.15, 0.2) is 11.3 Å². The lowest BCUT2D eigenvalue weighted by Crippen LogP contribution is -2.28. The molecule has 0 aromatic carbocycles. The molecule has 0 aromatic heterocycles. The van der Waals surface area contributed by atoms with Gasteiger partial charge in [-0.2, -0.15) is 0 Å². The normalized spacial score (nSPS) is 22.7. The van der Waals surface area contributed by atoms with Gasteiger partial charge in [-0.25, -0.2) is 0 Å². The molecule has 0 radical (unpaired) electrons. The highest BCUT2D eigenvalue weighted by Crippen LogP contribution is 2.24. The highest BCUT2D eigenvalue weighted by atomic mass is 16.5. The minimum atomic E-state index is -0.491. The fourth-order valence-electron chi connectivity index (χ4n) is 1.15. The zero-order valence-electron chi connectivity index (χ0n) is 7.29. The van der Waals surface area contributed by atoms with Crippen LogP contribution >= 0.6 is 0 Å². The minimum absolute atomic E-state index is 0.412. The fraction of sp³-hybridized carbons (Fsp3) is 0.625. The van der Waals surface area contributed by atoms with Crippen molar-refractivity contribution in [2.75, 3.05) is 13.7 Å².